The predicted molar refractivity (Wildman–Crippen MR) is 125 cm³/mol. The lowest BCUT2D eigenvalue weighted by atomic mass is 9.57. The van der Waals surface area contributed by atoms with Gasteiger partial charge < -0.3 is 10.6 Å². The van der Waals surface area contributed by atoms with Gasteiger partial charge in [-0.15, -0.1) is 0 Å². The van der Waals surface area contributed by atoms with E-state index in [1.54, 1.807) is 0 Å². The largest absolute Gasteiger partial charge is 0.314 e. The number of nitrogens with zero attached hydrogens (tertiary/aromatic N) is 1. The number of rotatable bonds is 3. The molecule has 0 amide bonds. The lowest BCUT2D eigenvalue weighted by Crippen LogP contribution is -2.61. The van der Waals surface area contributed by atoms with Gasteiger partial charge in [0.1, 0.15) is 0 Å². The van der Waals surface area contributed by atoms with Crippen LogP contribution in [0.3, 0.4) is 0 Å². The Balaban J connectivity index is 1.05. The number of hydrogen-bond acceptors (Lipinski definition) is 3. The monoisotopic (exact) mass is 413 g/mol. The number of piperidine rings is 3. The summed E-state index contributed by atoms with van der Waals surface area (Å²) in [7, 11) is 0. The average Bonchev–Trinajstić information content (AvgIpc) is 3.25. The molecule has 3 saturated heterocycles. The second-order valence-corrected chi connectivity index (χ2v) is 13.3. The molecule has 0 aromatic carbocycles. The zero-order chi connectivity index (χ0) is 20.4. The molecule has 0 aromatic heterocycles. The summed E-state index contributed by atoms with van der Waals surface area (Å²) in [5.74, 6) is 0. The molecule has 6 aliphatic rings. The summed E-state index contributed by atoms with van der Waals surface area (Å²) in [5.41, 5.74) is 2.15. The molecule has 3 aliphatic heterocycles. The third kappa shape index (κ3) is 3.79. The molecule has 2 N–H and O–H groups in total. The molecule has 6 rings (SSSR count). The topological polar surface area (TPSA) is 27.3 Å². The fraction of sp³-hybridized carbons (Fsp3) is 1.00. The molecule has 0 bridgehead atoms. The van der Waals surface area contributed by atoms with Gasteiger partial charge in [-0.2, -0.15) is 0 Å². The first kappa shape index (κ1) is 20.5. The summed E-state index contributed by atoms with van der Waals surface area (Å²) >= 11 is 0. The van der Waals surface area contributed by atoms with E-state index in [0.717, 1.165) is 35.6 Å². The Morgan fingerprint density at radius 2 is 1.53 bits per heavy atom. The molecule has 4 atom stereocenters. The van der Waals surface area contributed by atoms with Gasteiger partial charge in [0.05, 0.1) is 0 Å². The van der Waals surface area contributed by atoms with Crippen molar-refractivity contribution in [2.45, 2.75) is 140 Å². The van der Waals surface area contributed by atoms with Crippen molar-refractivity contribution in [3.63, 3.8) is 0 Å². The summed E-state index contributed by atoms with van der Waals surface area (Å²) in [6.07, 6.45) is 22.2. The van der Waals surface area contributed by atoms with E-state index in [1.807, 2.05) is 0 Å². The van der Waals surface area contributed by atoms with Gasteiger partial charge >= 0.3 is 0 Å². The normalized spacial score (nSPS) is 42.6. The predicted octanol–water partition coefficient (Wildman–Crippen LogP) is 5.24. The fourth-order valence-corrected chi connectivity index (χ4v) is 9.13. The zero-order valence-corrected chi connectivity index (χ0v) is 19.9. The highest BCUT2D eigenvalue weighted by atomic mass is 15.2. The smallest absolute Gasteiger partial charge is 0.0109 e. The van der Waals surface area contributed by atoms with Crippen molar-refractivity contribution >= 4 is 0 Å². The molecule has 6 fully saturated rings. The first-order valence-electron chi connectivity index (χ1n) is 13.7. The van der Waals surface area contributed by atoms with Crippen molar-refractivity contribution in [2.75, 3.05) is 13.1 Å². The maximum atomic E-state index is 3.97. The van der Waals surface area contributed by atoms with Crippen molar-refractivity contribution in [1.82, 2.24) is 15.5 Å². The summed E-state index contributed by atoms with van der Waals surface area (Å²) in [6.45, 7) is 7.66. The third-order valence-electron chi connectivity index (χ3n) is 10.9. The maximum Gasteiger partial charge on any atom is 0.0109 e. The highest BCUT2D eigenvalue weighted by molar-refractivity contribution is 5.08. The minimum Gasteiger partial charge on any atom is -0.314 e. The summed E-state index contributed by atoms with van der Waals surface area (Å²) in [4.78, 5) is 3.00. The van der Waals surface area contributed by atoms with Crippen LogP contribution >= 0.6 is 0 Å². The van der Waals surface area contributed by atoms with Crippen LogP contribution in [0, 0.1) is 16.2 Å². The van der Waals surface area contributed by atoms with Gasteiger partial charge in [0.2, 0.25) is 0 Å². The summed E-state index contributed by atoms with van der Waals surface area (Å²) in [5, 5.41) is 7.91. The number of hydrogen-bond donors (Lipinski definition) is 2. The van der Waals surface area contributed by atoms with Gasteiger partial charge in [0, 0.05) is 36.8 Å². The second kappa shape index (κ2) is 7.45. The van der Waals surface area contributed by atoms with Gasteiger partial charge in [-0.05, 0) is 120 Å². The Morgan fingerprint density at radius 1 is 0.767 bits per heavy atom. The second-order valence-electron chi connectivity index (χ2n) is 13.3. The van der Waals surface area contributed by atoms with Crippen LogP contribution in [0.2, 0.25) is 0 Å². The molecule has 3 aliphatic carbocycles. The first-order valence-corrected chi connectivity index (χ1v) is 13.7. The third-order valence-corrected chi connectivity index (χ3v) is 10.9. The van der Waals surface area contributed by atoms with E-state index in [0.29, 0.717) is 10.8 Å². The van der Waals surface area contributed by atoms with Crippen LogP contribution in [0.1, 0.15) is 110 Å². The highest BCUT2D eigenvalue weighted by Gasteiger charge is 2.53. The van der Waals surface area contributed by atoms with Gasteiger partial charge in [0.15, 0.2) is 0 Å². The van der Waals surface area contributed by atoms with Gasteiger partial charge in [0.25, 0.3) is 0 Å². The standard InChI is InChI=1S/C27H47N3/c1-20-14-26(9-10-26)16-23(29-20)13-22-15-27(11-12-28-22)17-24(18-27)30-19-25(6-3-4-7-25)8-5-21(30)2/h20-24,28-29H,3-19H2,1-2H3. The lowest BCUT2D eigenvalue weighted by Gasteiger charge is -2.59. The van der Waals surface area contributed by atoms with Crippen LogP contribution in [-0.2, 0) is 0 Å². The number of nitrogens with one attached hydrogen (secondary N) is 2. The van der Waals surface area contributed by atoms with E-state index in [9.17, 15) is 0 Å². The van der Waals surface area contributed by atoms with Crippen LogP contribution in [-0.4, -0.2) is 48.2 Å². The van der Waals surface area contributed by atoms with E-state index in [4.69, 9.17) is 0 Å². The van der Waals surface area contributed by atoms with Crippen LogP contribution in [0.25, 0.3) is 0 Å². The van der Waals surface area contributed by atoms with E-state index in [1.165, 1.54) is 109 Å². The highest BCUT2D eigenvalue weighted by Crippen LogP contribution is 2.57. The molecule has 3 spiro atoms. The quantitative estimate of drug-likeness (QED) is 0.662. The molecule has 4 unspecified atom stereocenters. The van der Waals surface area contributed by atoms with E-state index < -0.39 is 0 Å². The molecule has 0 aromatic rings. The van der Waals surface area contributed by atoms with Crippen LogP contribution in [0.5, 0.6) is 0 Å². The van der Waals surface area contributed by atoms with Crippen molar-refractivity contribution in [2.24, 2.45) is 16.2 Å². The Bertz CT molecular complexity index is 628. The Hall–Kier alpha value is -0.120. The maximum absolute atomic E-state index is 3.97. The van der Waals surface area contributed by atoms with Crippen LogP contribution in [0.4, 0.5) is 0 Å². The van der Waals surface area contributed by atoms with Gasteiger partial charge in [-0.1, -0.05) is 12.8 Å². The van der Waals surface area contributed by atoms with Crippen LogP contribution < -0.4 is 10.6 Å². The number of likely N-dealkylation sites (tertiary alicyclic amines) is 1. The summed E-state index contributed by atoms with van der Waals surface area (Å²) in [6, 6.07) is 4.00. The van der Waals surface area contributed by atoms with Crippen molar-refractivity contribution in [3.8, 4) is 0 Å². The molecule has 170 valence electrons. The molecule has 3 saturated carbocycles. The molecule has 3 heteroatoms. The lowest BCUT2D eigenvalue weighted by molar-refractivity contribution is -0.0795. The van der Waals surface area contributed by atoms with Crippen molar-refractivity contribution in [1.29, 1.82) is 0 Å². The molecule has 3 heterocycles. The summed E-state index contributed by atoms with van der Waals surface area (Å²) < 4.78 is 0. The molecular weight excluding hydrogens is 366 g/mol. The van der Waals surface area contributed by atoms with Gasteiger partial charge in [-0.25, -0.2) is 0 Å². The fourth-order valence-electron chi connectivity index (χ4n) is 9.13. The minimum atomic E-state index is 0.679. The molecular formula is C27H47N3. The van der Waals surface area contributed by atoms with Crippen molar-refractivity contribution in [3.05, 3.63) is 0 Å². The Labute approximate surface area is 185 Å². The first-order chi connectivity index (χ1) is 14.5. The molecule has 0 radical (unpaired) electrons. The van der Waals surface area contributed by atoms with Crippen molar-refractivity contribution < 1.29 is 0 Å². The van der Waals surface area contributed by atoms with E-state index >= 15 is 0 Å². The molecule has 3 nitrogen and oxygen atoms in total. The SMILES string of the molecule is CC1CC2(CC2)CC(CC2CC3(CCN2)CC(N2CC4(CCCC4)CCC2C)C3)N1. The average molecular weight is 414 g/mol. The van der Waals surface area contributed by atoms with Crippen LogP contribution in [0.15, 0.2) is 0 Å². The Morgan fingerprint density at radius 3 is 2.30 bits per heavy atom. The Kier molecular flexibility index (Phi) is 5.09. The van der Waals surface area contributed by atoms with E-state index in [2.05, 4.69) is 29.4 Å². The van der Waals surface area contributed by atoms with Gasteiger partial charge in [-0.3, -0.25) is 4.90 Å². The van der Waals surface area contributed by atoms with E-state index in [-0.39, 0.29) is 0 Å². The zero-order valence-electron chi connectivity index (χ0n) is 19.9. The minimum absolute atomic E-state index is 0.679. The molecule has 30 heavy (non-hydrogen) atoms.